The number of likely N-dealkylation sites (N-methyl/N-ethyl adjacent to an activating group) is 1. The van der Waals surface area contributed by atoms with Gasteiger partial charge in [0.15, 0.2) is 5.13 Å². The SMILES string of the molecule is CN(C)[C@H]1CC=C(c2cccc(C(F)(F)F)c2)C[C@@H]1Nc1cc(F)c(S(=O)(=O)Nc2nccs2)cc1Cl. The molecule has 4 rings (SSSR count). The fourth-order valence-corrected chi connectivity index (χ4v) is 6.38. The summed E-state index contributed by atoms with van der Waals surface area (Å²) in [4.78, 5) is 5.17. The molecule has 1 aliphatic rings. The minimum atomic E-state index is -4.46. The third-order valence-electron chi connectivity index (χ3n) is 6.04. The lowest BCUT2D eigenvalue weighted by molar-refractivity contribution is -0.137. The quantitative estimate of drug-likeness (QED) is 0.322. The van der Waals surface area contributed by atoms with E-state index in [0.29, 0.717) is 24.0 Å². The van der Waals surface area contributed by atoms with Gasteiger partial charge >= 0.3 is 6.18 Å². The van der Waals surface area contributed by atoms with Crippen LogP contribution in [-0.2, 0) is 16.2 Å². The van der Waals surface area contributed by atoms with Crippen LogP contribution in [0.5, 0.6) is 0 Å². The molecule has 0 aliphatic heterocycles. The number of hydrogen-bond acceptors (Lipinski definition) is 6. The van der Waals surface area contributed by atoms with E-state index in [1.807, 2.05) is 25.1 Å². The lowest BCUT2D eigenvalue weighted by Gasteiger charge is -2.37. The van der Waals surface area contributed by atoms with E-state index in [9.17, 15) is 26.0 Å². The summed E-state index contributed by atoms with van der Waals surface area (Å²) in [6.45, 7) is 0. The normalized spacial score (nSPS) is 18.5. The molecule has 0 saturated carbocycles. The van der Waals surface area contributed by atoms with Gasteiger partial charge in [-0.05, 0) is 62.3 Å². The maximum absolute atomic E-state index is 15.0. The Morgan fingerprint density at radius 1 is 1.19 bits per heavy atom. The number of alkyl halides is 3. The second-order valence-corrected chi connectivity index (χ2v) is 11.7. The van der Waals surface area contributed by atoms with Gasteiger partial charge in [0.25, 0.3) is 10.0 Å². The number of rotatable bonds is 7. The van der Waals surface area contributed by atoms with Gasteiger partial charge in [0, 0.05) is 23.7 Å². The molecule has 0 fully saturated rings. The smallest absolute Gasteiger partial charge is 0.379 e. The van der Waals surface area contributed by atoms with E-state index in [0.717, 1.165) is 35.6 Å². The van der Waals surface area contributed by atoms with Crippen LogP contribution in [0.1, 0.15) is 24.0 Å². The van der Waals surface area contributed by atoms with Crippen molar-refractivity contribution in [3.63, 3.8) is 0 Å². The van der Waals surface area contributed by atoms with Gasteiger partial charge in [0.1, 0.15) is 10.7 Å². The fraction of sp³-hybridized carbons (Fsp3) is 0.292. The van der Waals surface area contributed by atoms with Crippen molar-refractivity contribution in [1.82, 2.24) is 9.88 Å². The Morgan fingerprint density at radius 2 is 1.95 bits per heavy atom. The molecule has 6 nitrogen and oxygen atoms in total. The van der Waals surface area contributed by atoms with Crippen molar-refractivity contribution in [3.8, 4) is 0 Å². The number of halogens is 5. The maximum Gasteiger partial charge on any atom is 0.416 e. The number of thiazole rings is 1. The third kappa shape index (κ3) is 6.25. The molecule has 0 amide bonds. The van der Waals surface area contributed by atoms with E-state index in [2.05, 4.69) is 15.0 Å². The first-order valence-electron chi connectivity index (χ1n) is 11.1. The molecule has 0 spiro atoms. The summed E-state index contributed by atoms with van der Waals surface area (Å²) >= 11 is 7.42. The number of sulfonamides is 1. The molecule has 0 radical (unpaired) electrons. The minimum absolute atomic E-state index is 0.0198. The zero-order valence-electron chi connectivity index (χ0n) is 19.7. The van der Waals surface area contributed by atoms with Crippen LogP contribution in [0.15, 0.2) is 58.9 Å². The van der Waals surface area contributed by atoms with Gasteiger partial charge in [-0.3, -0.25) is 4.72 Å². The Morgan fingerprint density at radius 3 is 2.59 bits per heavy atom. The monoisotopic (exact) mass is 574 g/mol. The first-order chi connectivity index (χ1) is 17.3. The first kappa shape index (κ1) is 27.4. The first-order valence-corrected chi connectivity index (χ1v) is 13.8. The van der Waals surface area contributed by atoms with Crippen LogP contribution in [0.4, 0.5) is 28.4 Å². The summed E-state index contributed by atoms with van der Waals surface area (Å²) in [6, 6.07) is 6.72. The van der Waals surface area contributed by atoms with Crippen LogP contribution in [-0.4, -0.2) is 44.5 Å². The molecule has 3 aromatic rings. The van der Waals surface area contributed by atoms with Crippen LogP contribution >= 0.6 is 22.9 Å². The Kier molecular flexibility index (Phi) is 7.84. The molecular formula is C24H23ClF4N4O2S2. The van der Waals surface area contributed by atoms with Gasteiger partial charge in [0.05, 0.1) is 16.3 Å². The van der Waals surface area contributed by atoms with E-state index >= 15 is 0 Å². The van der Waals surface area contributed by atoms with Crippen LogP contribution in [0.3, 0.4) is 0 Å². The summed E-state index contributed by atoms with van der Waals surface area (Å²) in [5.41, 5.74) is 0.601. The molecule has 1 aromatic heterocycles. The number of nitrogens with zero attached hydrogens (tertiary/aromatic N) is 2. The number of aromatic nitrogens is 1. The molecular weight excluding hydrogens is 552 g/mol. The molecule has 0 unspecified atom stereocenters. The Bertz CT molecular complexity index is 1410. The van der Waals surface area contributed by atoms with Crippen molar-refractivity contribution in [2.75, 3.05) is 24.1 Å². The van der Waals surface area contributed by atoms with Crippen molar-refractivity contribution < 1.29 is 26.0 Å². The molecule has 1 heterocycles. The van der Waals surface area contributed by atoms with Gasteiger partial charge in [-0.15, -0.1) is 11.3 Å². The zero-order valence-corrected chi connectivity index (χ0v) is 22.1. The predicted molar refractivity (Wildman–Crippen MR) is 138 cm³/mol. The standard InChI is InChI=1S/C24H23ClF4N4O2S2/c1-33(2)21-7-6-15(14-4-3-5-16(10-14)24(27,28)29)11-20(21)31-19-13-18(26)22(12-17(19)25)37(34,35)32-23-30-8-9-36-23/h3-6,8-10,12-13,20-21,31H,7,11H2,1-2H3,(H,30,32)/t20-,21-/m0/s1. The largest absolute Gasteiger partial charge is 0.416 e. The minimum Gasteiger partial charge on any atom is -0.379 e. The zero-order chi connectivity index (χ0) is 27.0. The average Bonchev–Trinajstić information content (AvgIpc) is 3.32. The highest BCUT2D eigenvalue weighted by Gasteiger charge is 2.33. The van der Waals surface area contributed by atoms with Crippen LogP contribution in [0.25, 0.3) is 5.57 Å². The summed E-state index contributed by atoms with van der Waals surface area (Å²) in [6.07, 6.45) is -0.280. The number of benzene rings is 2. The van der Waals surface area contributed by atoms with Crippen molar-refractivity contribution >= 4 is 49.4 Å². The fourth-order valence-electron chi connectivity index (χ4n) is 4.22. The van der Waals surface area contributed by atoms with Crippen molar-refractivity contribution in [2.45, 2.75) is 36.0 Å². The Hall–Kier alpha value is -2.67. The molecule has 37 heavy (non-hydrogen) atoms. The van der Waals surface area contributed by atoms with Gasteiger partial charge in [0.2, 0.25) is 0 Å². The van der Waals surface area contributed by atoms with Crippen LogP contribution < -0.4 is 10.0 Å². The van der Waals surface area contributed by atoms with Gasteiger partial charge in [-0.1, -0.05) is 29.8 Å². The van der Waals surface area contributed by atoms with Crippen LogP contribution in [0, 0.1) is 5.82 Å². The van der Waals surface area contributed by atoms with Crippen molar-refractivity contribution in [2.24, 2.45) is 0 Å². The lowest BCUT2D eigenvalue weighted by Crippen LogP contribution is -2.45. The van der Waals surface area contributed by atoms with E-state index in [-0.39, 0.29) is 27.9 Å². The highest BCUT2D eigenvalue weighted by atomic mass is 35.5. The van der Waals surface area contributed by atoms with E-state index in [1.165, 1.54) is 12.3 Å². The van der Waals surface area contributed by atoms with Crippen molar-refractivity contribution in [1.29, 1.82) is 0 Å². The summed E-state index contributed by atoms with van der Waals surface area (Å²) in [5, 5.41) is 4.83. The molecule has 0 saturated heterocycles. The molecule has 2 N–H and O–H groups in total. The van der Waals surface area contributed by atoms with Crippen LogP contribution in [0.2, 0.25) is 5.02 Å². The summed E-state index contributed by atoms with van der Waals surface area (Å²) < 4.78 is 82.2. The molecule has 2 atom stereocenters. The van der Waals surface area contributed by atoms with E-state index < -0.39 is 32.5 Å². The van der Waals surface area contributed by atoms with Gasteiger partial charge in [-0.2, -0.15) is 13.2 Å². The second-order valence-electron chi connectivity index (χ2n) is 8.73. The average molecular weight is 575 g/mol. The maximum atomic E-state index is 15.0. The van der Waals surface area contributed by atoms with E-state index in [1.54, 1.807) is 11.4 Å². The summed E-state index contributed by atoms with van der Waals surface area (Å²) in [7, 11) is -0.539. The number of nitrogens with one attached hydrogen (secondary N) is 2. The Balaban J connectivity index is 1.60. The predicted octanol–water partition coefficient (Wildman–Crippen LogP) is 6.34. The molecule has 13 heteroatoms. The highest BCUT2D eigenvalue weighted by molar-refractivity contribution is 7.93. The molecule has 1 aliphatic carbocycles. The topological polar surface area (TPSA) is 74.3 Å². The van der Waals surface area contributed by atoms with Gasteiger partial charge in [-0.25, -0.2) is 17.8 Å². The molecule has 0 bridgehead atoms. The Labute approximate surface area is 221 Å². The lowest BCUT2D eigenvalue weighted by atomic mass is 9.85. The van der Waals surface area contributed by atoms with Crippen molar-refractivity contribution in [3.05, 3.63) is 76.0 Å². The second kappa shape index (κ2) is 10.6. The highest BCUT2D eigenvalue weighted by Crippen LogP contribution is 2.37. The van der Waals surface area contributed by atoms with E-state index in [4.69, 9.17) is 11.6 Å². The molecule has 2 aromatic carbocycles. The summed E-state index contributed by atoms with van der Waals surface area (Å²) in [5.74, 6) is -1.01. The number of anilines is 2. The van der Waals surface area contributed by atoms with Gasteiger partial charge < -0.3 is 10.2 Å². The number of hydrogen-bond donors (Lipinski definition) is 2. The molecule has 198 valence electrons. The third-order valence-corrected chi connectivity index (χ3v) is 8.52.